The highest BCUT2D eigenvalue weighted by Crippen LogP contribution is 2.25. The van der Waals surface area contributed by atoms with Gasteiger partial charge >= 0.3 is 0 Å². The van der Waals surface area contributed by atoms with Crippen LogP contribution in [0.4, 0.5) is 0 Å². The lowest BCUT2D eigenvalue weighted by atomic mass is 10.0. The number of nitrogens with zero attached hydrogens (tertiary/aromatic N) is 1. The normalized spacial score (nSPS) is 10.3. The van der Waals surface area contributed by atoms with E-state index in [0.717, 1.165) is 38.9 Å². The van der Waals surface area contributed by atoms with Gasteiger partial charge in [0.2, 0.25) is 0 Å². The Balaban J connectivity index is 1.63. The standard InChI is InChI=1S/C24H14ClNO/c25-22-10-6-19(7-11-22)20-9-14-24-21(15-20)8-13-23(26-24)12-5-17-1-3-18(16-27)4-2-17/h1-4,6-11,13-16H. The number of rotatable bonds is 2. The molecule has 27 heavy (non-hydrogen) atoms. The average molecular weight is 368 g/mol. The van der Waals surface area contributed by atoms with Gasteiger partial charge in [0.1, 0.15) is 12.0 Å². The van der Waals surface area contributed by atoms with Crippen LogP contribution in [0.2, 0.25) is 5.02 Å². The molecule has 1 aromatic heterocycles. The van der Waals surface area contributed by atoms with Gasteiger partial charge in [0.05, 0.1) is 5.52 Å². The van der Waals surface area contributed by atoms with Crippen molar-refractivity contribution in [3.8, 4) is 23.0 Å². The van der Waals surface area contributed by atoms with Crippen LogP contribution in [0.25, 0.3) is 22.0 Å². The number of pyridine rings is 1. The first-order valence-corrected chi connectivity index (χ1v) is 8.83. The number of carbonyl (C=O) groups excluding carboxylic acids is 1. The summed E-state index contributed by atoms with van der Waals surface area (Å²) in [5.74, 6) is 6.16. The molecule has 0 unspecified atom stereocenters. The topological polar surface area (TPSA) is 30.0 Å². The molecule has 3 aromatic carbocycles. The quantitative estimate of drug-likeness (QED) is 0.332. The maximum Gasteiger partial charge on any atom is 0.150 e. The van der Waals surface area contributed by atoms with Crippen LogP contribution >= 0.6 is 11.6 Å². The van der Waals surface area contributed by atoms with E-state index in [0.29, 0.717) is 11.3 Å². The van der Waals surface area contributed by atoms with Crippen molar-refractivity contribution < 1.29 is 4.79 Å². The molecule has 0 amide bonds. The van der Waals surface area contributed by atoms with Crippen molar-refractivity contribution in [1.82, 2.24) is 4.98 Å². The summed E-state index contributed by atoms with van der Waals surface area (Å²) >= 11 is 5.96. The first kappa shape index (κ1) is 17.0. The Kier molecular flexibility index (Phi) is 4.70. The summed E-state index contributed by atoms with van der Waals surface area (Å²) in [4.78, 5) is 15.3. The molecule has 2 nitrogen and oxygen atoms in total. The Bertz CT molecular complexity index is 1180. The van der Waals surface area contributed by atoms with E-state index in [9.17, 15) is 4.79 Å². The van der Waals surface area contributed by atoms with Crippen molar-refractivity contribution >= 4 is 28.8 Å². The molecule has 0 N–H and O–H groups in total. The van der Waals surface area contributed by atoms with E-state index in [1.165, 1.54) is 0 Å². The second kappa shape index (κ2) is 7.45. The number of aromatic nitrogens is 1. The second-order valence-electron chi connectivity index (χ2n) is 6.10. The Hall–Kier alpha value is -3.41. The third-order valence-corrected chi connectivity index (χ3v) is 4.50. The van der Waals surface area contributed by atoms with E-state index in [1.54, 1.807) is 12.1 Å². The Morgan fingerprint density at radius 1 is 0.778 bits per heavy atom. The molecule has 0 fully saturated rings. The molecule has 0 saturated carbocycles. The average Bonchev–Trinajstić information content (AvgIpc) is 2.72. The fourth-order valence-electron chi connectivity index (χ4n) is 2.80. The minimum atomic E-state index is 0.640. The molecular weight excluding hydrogens is 354 g/mol. The number of halogens is 1. The minimum absolute atomic E-state index is 0.640. The highest BCUT2D eigenvalue weighted by molar-refractivity contribution is 6.30. The van der Waals surface area contributed by atoms with E-state index < -0.39 is 0 Å². The molecule has 0 aliphatic carbocycles. The van der Waals surface area contributed by atoms with Gasteiger partial charge in [-0.25, -0.2) is 4.98 Å². The lowest BCUT2D eigenvalue weighted by molar-refractivity contribution is 0.112. The maximum absolute atomic E-state index is 10.7. The number of hydrogen-bond donors (Lipinski definition) is 0. The van der Waals surface area contributed by atoms with Crippen LogP contribution in [-0.4, -0.2) is 11.3 Å². The van der Waals surface area contributed by atoms with E-state index in [-0.39, 0.29) is 0 Å². The van der Waals surface area contributed by atoms with E-state index >= 15 is 0 Å². The molecule has 4 aromatic rings. The van der Waals surface area contributed by atoms with Crippen LogP contribution in [0.1, 0.15) is 21.6 Å². The van der Waals surface area contributed by atoms with Crippen molar-refractivity contribution in [3.63, 3.8) is 0 Å². The molecule has 0 bridgehead atoms. The Morgan fingerprint density at radius 2 is 1.52 bits per heavy atom. The highest BCUT2D eigenvalue weighted by Gasteiger charge is 2.02. The zero-order valence-corrected chi connectivity index (χ0v) is 15.1. The van der Waals surface area contributed by atoms with Crippen molar-refractivity contribution in [2.75, 3.05) is 0 Å². The molecule has 0 saturated heterocycles. The summed E-state index contributed by atoms with van der Waals surface area (Å²) in [5.41, 5.74) is 5.33. The van der Waals surface area contributed by atoms with Gasteiger partial charge in [-0.3, -0.25) is 4.79 Å². The number of hydrogen-bond acceptors (Lipinski definition) is 2. The minimum Gasteiger partial charge on any atom is -0.298 e. The first-order chi connectivity index (χ1) is 13.2. The van der Waals surface area contributed by atoms with Gasteiger partial charge in [-0.15, -0.1) is 0 Å². The second-order valence-corrected chi connectivity index (χ2v) is 6.54. The largest absolute Gasteiger partial charge is 0.298 e. The zero-order valence-electron chi connectivity index (χ0n) is 14.3. The lowest BCUT2D eigenvalue weighted by Gasteiger charge is -2.04. The summed E-state index contributed by atoms with van der Waals surface area (Å²) in [5, 5.41) is 1.79. The predicted molar refractivity (Wildman–Crippen MR) is 110 cm³/mol. The summed E-state index contributed by atoms with van der Waals surface area (Å²) < 4.78 is 0. The molecular formula is C24H14ClNO. The van der Waals surface area contributed by atoms with Crippen molar-refractivity contribution in [2.24, 2.45) is 0 Å². The third kappa shape index (κ3) is 3.89. The van der Waals surface area contributed by atoms with Gasteiger partial charge in [0, 0.05) is 21.5 Å². The van der Waals surface area contributed by atoms with Gasteiger partial charge in [-0.1, -0.05) is 47.9 Å². The van der Waals surface area contributed by atoms with Crippen LogP contribution in [0.3, 0.4) is 0 Å². The third-order valence-electron chi connectivity index (χ3n) is 4.25. The molecule has 0 spiro atoms. The fourth-order valence-corrected chi connectivity index (χ4v) is 2.92. The smallest absolute Gasteiger partial charge is 0.150 e. The van der Waals surface area contributed by atoms with Crippen LogP contribution < -0.4 is 0 Å². The maximum atomic E-state index is 10.7. The summed E-state index contributed by atoms with van der Waals surface area (Å²) in [6.45, 7) is 0. The lowest BCUT2D eigenvalue weighted by Crippen LogP contribution is -1.86. The fraction of sp³-hybridized carbons (Fsp3) is 0. The van der Waals surface area contributed by atoms with Gasteiger partial charge in [0.15, 0.2) is 0 Å². The van der Waals surface area contributed by atoms with E-state index in [4.69, 9.17) is 11.6 Å². The highest BCUT2D eigenvalue weighted by atomic mass is 35.5. The zero-order chi connectivity index (χ0) is 18.6. The van der Waals surface area contributed by atoms with Gasteiger partial charge in [0.25, 0.3) is 0 Å². The van der Waals surface area contributed by atoms with Crippen LogP contribution in [0.5, 0.6) is 0 Å². The molecule has 1 heterocycles. The molecule has 128 valence electrons. The molecule has 0 radical (unpaired) electrons. The molecule has 3 heteroatoms. The predicted octanol–water partition coefficient (Wildman–Crippen LogP) is 5.77. The van der Waals surface area contributed by atoms with Crippen molar-refractivity contribution in [3.05, 3.63) is 101 Å². The Labute approximate surface area is 162 Å². The number of fused-ring (bicyclic) bond motifs is 1. The molecule has 0 aliphatic heterocycles. The van der Waals surface area contributed by atoms with Crippen LogP contribution in [-0.2, 0) is 0 Å². The molecule has 0 atom stereocenters. The Morgan fingerprint density at radius 3 is 2.26 bits per heavy atom. The van der Waals surface area contributed by atoms with Crippen molar-refractivity contribution in [1.29, 1.82) is 0 Å². The molecule has 4 rings (SSSR count). The van der Waals surface area contributed by atoms with Crippen LogP contribution in [0, 0.1) is 11.8 Å². The summed E-state index contributed by atoms with van der Waals surface area (Å²) in [6, 6.07) is 25.1. The first-order valence-electron chi connectivity index (χ1n) is 8.45. The molecule has 0 aliphatic rings. The van der Waals surface area contributed by atoms with E-state index in [1.807, 2.05) is 60.7 Å². The SMILES string of the molecule is O=Cc1ccc(C#Cc2ccc3cc(-c4ccc(Cl)cc4)ccc3n2)cc1. The number of carbonyl (C=O) groups is 1. The summed E-state index contributed by atoms with van der Waals surface area (Å²) in [7, 11) is 0. The summed E-state index contributed by atoms with van der Waals surface area (Å²) in [6.07, 6.45) is 0.820. The van der Waals surface area contributed by atoms with E-state index in [2.05, 4.69) is 22.9 Å². The van der Waals surface area contributed by atoms with Gasteiger partial charge in [-0.05, 0) is 65.6 Å². The number of aldehydes is 1. The van der Waals surface area contributed by atoms with Crippen LogP contribution in [0.15, 0.2) is 78.9 Å². The van der Waals surface area contributed by atoms with Gasteiger partial charge in [-0.2, -0.15) is 0 Å². The van der Waals surface area contributed by atoms with Gasteiger partial charge < -0.3 is 0 Å². The van der Waals surface area contributed by atoms with Crippen molar-refractivity contribution in [2.45, 2.75) is 0 Å². The number of benzene rings is 3. The monoisotopic (exact) mass is 367 g/mol.